The summed E-state index contributed by atoms with van der Waals surface area (Å²) in [7, 11) is 1.58. The molecule has 2 aromatic carbocycles. The Morgan fingerprint density at radius 1 is 1.24 bits per heavy atom. The molecule has 0 spiro atoms. The Hall–Kier alpha value is -4.93. The van der Waals surface area contributed by atoms with Crippen LogP contribution in [-0.2, 0) is 26.2 Å². The molecule has 0 saturated heterocycles. The van der Waals surface area contributed by atoms with Gasteiger partial charge >= 0.3 is 0 Å². The van der Waals surface area contributed by atoms with E-state index in [2.05, 4.69) is 25.7 Å². The van der Waals surface area contributed by atoms with Crippen molar-refractivity contribution in [3.8, 4) is 5.75 Å². The molecule has 4 N–H and O–H groups in total. The first kappa shape index (κ1) is 23.5. The van der Waals surface area contributed by atoms with Gasteiger partial charge in [0, 0.05) is 35.6 Å². The smallest absolute Gasteiger partial charge is 0.271 e. The second-order valence-electron chi connectivity index (χ2n) is 9.14. The number of nitrogens with zero attached hydrogens (tertiary/aromatic N) is 5. The van der Waals surface area contributed by atoms with Gasteiger partial charge in [-0.2, -0.15) is 5.10 Å². The standard InChI is InChI=1S/C27H25FN8O2/c1-38-24-8-21-17(4-5-30-26(21)29)7-19(24)9-32-27(37)23-15-35-13-18-3-2-16(12-36-14-20(28)10-33-36)6-22(18)31-11-25(35)34-23/h2-8,10,14-15,31H,9,11-13H2,1H3,(H2,29,30)(H,32,37). The number of methoxy groups -OCH3 is 1. The molecule has 0 atom stereocenters. The van der Waals surface area contributed by atoms with Gasteiger partial charge in [0.1, 0.15) is 23.1 Å². The Kier molecular flexibility index (Phi) is 5.87. The molecule has 0 bridgehead atoms. The van der Waals surface area contributed by atoms with Crippen molar-refractivity contribution in [2.24, 2.45) is 0 Å². The zero-order valence-corrected chi connectivity index (χ0v) is 20.6. The van der Waals surface area contributed by atoms with Crippen molar-refractivity contribution in [2.75, 3.05) is 18.2 Å². The molecule has 0 radical (unpaired) electrons. The molecule has 0 aliphatic carbocycles. The number of imidazole rings is 1. The average Bonchev–Trinajstić information content (AvgIpc) is 3.47. The van der Waals surface area contributed by atoms with Gasteiger partial charge in [0.05, 0.1) is 39.1 Å². The third kappa shape index (κ3) is 4.49. The second kappa shape index (κ2) is 9.51. The van der Waals surface area contributed by atoms with Crippen LogP contribution in [-0.4, -0.2) is 37.3 Å². The molecule has 1 amide bonds. The molecule has 3 aromatic heterocycles. The molecule has 38 heavy (non-hydrogen) atoms. The van der Waals surface area contributed by atoms with Gasteiger partial charge < -0.3 is 25.7 Å². The van der Waals surface area contributed by atoms with Gasteiger partial charge in [0.25, 0.3) is 5.91 Å². The van der Waals surface area contributed by atoms with Crippen molar-refractivity contribution in [1.82, 2.24) is 29.6 Å². The number of hydrogen-bond donors (Lipinski definition) is 3. The predicted molar refractivity (Wildman–Crippen MR) is 140 cm³/mol. The van der Waals surface area contributed by atoms with Crippen LogP contribution in [0.4, 0.5) is 15.9 Å². The fraction of sp³-hybridized carbons (Fsp3) is 0.185. The van der Waals surface area contributed by atoms with Crippen LogP contribution < -0.4 is 21.1 Å². The van der Waals surface area contributed by atoms with Gasteiger partial charge in [-0.05, 0) is 40.8 Å². The van der Waals surface area contributed by atoms with Crippen LogP contribution >= 0.6 is 0 Å². The van der Waals surface area contributed by atoms with E-state index in [9.17, 15) is 9.18 Å². The van der Waals surface area contributed by atoms with Gasteiger partial charge in [-0.3, -0.25) is 9.48 Å². The minimum atomic E-state index is -0.359. The van der Waals surface area contributed by atoms with Gasteiger partial charge in [-0.25, -0.2) is 14.4 Å². The molecule has 0 unspecified atom stereocenters. The highest BCUT2D eigenvalue weighted by Gasteiger charge is 2.19. The topological polar surface area (TPSA) is 125 Å². The number of rotatable bonds is 6. The molecule has 6 rings (SSSR count). The number of carbonyl (C=O) groups is 1. The quantitative estimate of drug-likeness (QED) is 0.319. The first-order valence-electron chi connectivity index (χ1n) is 12.1. The summed E-state index contributed by atoms with van der Waals surface area (Å²) in [6, 6.07) is 11.7. The second-order valence-corrected chi connectivity index (χ2v) is 9.14. The SMILES string of the molecule is COc1cc2c(N)nccc2cc1CNC(=O)c1cn2c(n1)CNc1cc(Cn3cc(F)cn3)ccc1C2. The van der Waals surface area contributed by atoms with E-state index in [4.69, 9.17) is 10.5 Å². The van der Waals surface area contributed by atoms with Gasteiger partial charge in [-0.15, -0.1) is 0 Å². The van der Waals surface area contributed by atoms with Crippen LogP contribution in [0.25, 0.3) is 10.8 Å². The number of ether oxygens (including phenoxy) is 1. The fourth-order valence-corrected chi connectivity index (χ4v) is 4.70. The number of hydrogen-bond acceptors (Lipinski definition) is 7. The summed E-state index contributed by atoms with van der Waals surface area (Å²) >= 11 is 0. The lowest BCUT2D eigenvalue weighted by molar-refractivity contribution is 0.0946. The zero-order valence-electron chi connectivity index (χ0n) is 20.6. The van der Waals surface area contributed by atoms with Crippen LogP contribution in [0.3, 0.4) is 0 Å². The number of nitrogen functional groups attached to an aromatic ring is 1. The average molecular weight is 513 g/mol. The predicted octanol–water partition coefficient (Wildman–Crippen LogP) is 3.31. The van der Waals surface area contributed by atoms with E-state index in [0.29, 0.717) is 36.9 Å². The van der Waals surface area contributed by atoms with Gasteiger partial charge in [0.2, 0.25) is 0 Å². The maximum Gasteiger partial charge on any atom is 0.271 e. The Morgan fingerprint density at radius 2 is 2.13 bits per heavy atom. The first-order chi connectivity index (χ1) is 18.5. The molecular formula is C27H25FN8O2. The lowest BCUT2D eigenvalue weighted by atomic mass is 10.1. The summed E-state index contributed by atoms with van der Waals surface area (Å²) in [6.45, 7) is 1.78. The minimum absolute atomic E-state index is 0.270. The first-order valence-corrected chi connectivity index (χ1v) is 12.1. The largest absolute Gasteiger partial charge is 0.496 e. The highest BCUT2D eigenvalue weighted by molar-refractivity contribution is 5.94. The van der Waals surface area contributed by atoms with E-state index in [-0.39, 0.29) is 18.3 Å². The molecule has 1 aliphatic rings. The van der Waals surface area contributed by atoms with E-state index in [1.807, 2.05) is 41.0 Å². The molecular weight excluding hydrogens is 487 g/mol. The van der Waals surface area contributed by atoms with Crippen molar-refractivity contribution in [1.29, 1.82) is 0 Å². The third-order valence-corrected chi connectivity index (χ3v) is 6.63. The fourth-order valence-electron chi connectivity index (χ4n) is 4.70. The Morgan fingerprint density at radius 3 is 2.95 bits per heavy atom. The highest BCUT2D eigenvalue weighted by Crippen LogP contribution is 2.29. The van der Waals surface area contributed by atoms with E-state index in [1.54, 1.807) is 24.2 Å². The summed E-state index contributed by atoms with van der Waals surface area (Å²) in [5, 5.41) is 12.1. The number of carbonyl (C=O) groups excluding carboxylic acids is 1. The molecule has 192 valence electrons. The molecule has 0 saturated carbocycles. The summed E-state index contributed by atoms with van der Waals surface area (Å²) < 4.78 is 22.3. The van der Waals surface area contributed by atoms with Gasteiger partial charge in [-0.1, -0.05) is 12.1 Å². The van der Waals surface area contributed by atoms with Crippen molar-refractivity contribution >= 4 is 28.2 Å². The lowest BCUT2D eigenvalue weighted by Crippen LogP contribution is -2.23. The number of anilines is 2. The molecule has 10 nitrogen and oxygen atoms in total. The number of aromatic nitrogens is 5. The van der Waals surface area contributed by atoms with Gasteiger partial charge in [0.15, 0.2) is 5.82 Å². The molecule has 1 aliphatic heterocycles. The normalized spacial score (nSPS) is 12.4. The Balaban J connectivity index is 1.16. The van der Waals surface area contributed by atoms with Crippen LogP contribution in [0.1, 0.15) is 33.0 Å². The third-order valence-electron chi connectivity index (χ3n) is 6.63. The molecule has 11 heteroatoms. The maximum absolute atomic E-state index is 13.3. The van der Waals surface area contributed by atoms with Crippen molar-refractivity contribution in [2.45, 2.75) is 26.2 Å². The van der Waals surface area contributed by atoms with Crippen LogP contribution in [0.5, 0.6) is 5.75 Å². The van der Waals surface area contributed by atoms with Crippen molar-refractivity contribution in [3.63, 3.8) is 0 Å². The van der Waals surface area contributed by atoms with E-state index < -0.39 is 0 Å². The minimum Gasteiger partial charge on any atom is -0.496 e. The number of nitrogens with one attached hydrogen (secondary N) is 2. The van der Waals surface area contributed by atoms with Crippen molar-refractivity contribution < 1.29 is 13.9 Å². The molecule has 4 heterocycles. The van der Waals surface area contributed by atoms with Crippen LogP contribution in [0, 0.1) is 5.82 Å². The summed E-state index contributed by atoms with van der Waals surface area (Å²) in [6.07, 6.45) is 5.98. The Bertz CT molecular complexity index is 1680. The monoisotopic (exact) mass is 512 g/mol. The summed E-state index contributed by atoms with van der Waals surface area (Å²) in [5.74, 6) is 1.17. The number of benzene rings is 2. The maximum atomic E-state index is 13.3. The number of pyridine rings is 1. The Labute approximate surface area is 217 Å². The number of nitrogens with two attached hydrogens (primary N) is 1. The molecule has 0 fully saturated rings. The highest BCUT2D eigenvalue weighted by atomic mass is 19.1. The zero-order chi connectivity index (χ0) is 26.2. The summed E-state index contributed by atoms with van der Waals surface area (Å²) in [5.41, 5.74) is 10.2. The van der Waals surface area contributed by atoms with E-state index in [0.717, 1.165) is 39.0 Å². The van der Waals surface area contributed by atoms with Crippen LogP contribution in [0.2, 0.25) is 0 Å². The van der Waals surface area contributed by atoms with Crippen LogP contribution in [0.15, 0.2) is 61.2 Å². The summed E-state index contributed by atoms with van der Waals surface area (Å²) in [4.78, 5) is 21.7. The molecule has 5 aromatic rings. The van der Waals surface area contributed by atoms with E-state index >= 15 is 0 Å². The number of fused-ring (bicyclic) bond motifs is 3. The lowest BCUT2D eigenvalue weighted by Gasteiger charge is -2.12. The van der Waals surface area contributed by atoms with Crippen molar-refractivity contribution in [3.05, 3.63) is 95.2 Å². The number of halogens is 1. The van der Waals surface area contributed by atoms with E-state index in [1.165, 1.54) is 12.4 Å². The number of amides is 1.